The molecule has 4 rings (SSSR count). The van der Waals surface area contributed by atoms with Gasteiger partial charge in [-0.25, -0.2) is 0 Å². The van der Waals surface area contributed by atoms with Crippen molar-refractivity contribution in [1.82, 2.24) is 4.90 Å². The molecule has 0 atom stereocenters. The summed E-state index contributed by atoms with van der Waals surface area (Å²) in [6.07, 6.45) is 7.66. The molecule has 1 saturated carbocycles. The van der Waals surface area contributed by atoms with E-state index in [2.05, 4.69) is 17.0 Å². The second-order valence-electron chi connectivity index (χ2n) is 7.74. The molecule has 1 aliphatic carbocycles. The zero-order chi connectivity index (χ0) is 17.1. The number of ketones is 1. The maximum Gasteiger partial charge on any atom is 0.170 e. The van der Waals surface area contributed by atoms with Gasteiger partial charge in [0.2, 0.25) is 0 Å². The number of nitrogens with zero attached hydrogens (tertiary/aromatic N) is 1. The van der Waals surface area contributed by atoms with Crippen LogP contribution in [0.5, 0.6) is 0 Å². The van der Waals surface area contributed by atoms with Gasteiger partial charge in [0.1, 0.15) is 0 Å². The molecule has 136 valence electrons. The number of Topliss-reactive ketones (excluding diaryl/α,β-unsaturated/α-hetero) is 1. The van der Waals surface area contributed by atoms with Crippen LogP contribution in [0.4, 0.5) is 0 Å². The topological polar surface area (TPSA) is 38.8 Å². The third kappa shape index (κ3) is 3.81. The number of hydrogen-bond donors (Lipinski definition) is 0. The van der Waals surface area contributed by atoms with Crippen LogP contribution in [0.3, 0.4) is 0 Å². The summed E-state index contributed by atoms with van der Waals surface area (Å²) in [4.78, 5) is 15.4. The van der Waals surface area contributed by atoms with E-state index in [4.69, 9.17) is 9.47 Å². The van der Waals surface area contributed by atoms with Crippen LogP contribution in [-0.2, 0) is 16.0 Å². The summed E-state index contributed by atoms with van der Waals surface area (Å²) in [5, 5.41) is 0. The zero-order valence-electron chi connectivity index (χ0n) is 15.0. The summed E-state index contributed by atoms with van der Waals surface area (Å²) < 4.78 is 11.6. The lowest BCUT2D eigenvalue weighted by Crippen LogP contribution is -2.44. The average molecular weight is 343 g/mol. The molecule has 2 heterocycles. The monoisotopic (exact) mass is 343 g/mol. The van der Waals surface area contributed by atoms with Crippen LogP contribution in [-0.4, -0.2) is 42.8 Å². The number of rotatable bonds is 4. The summed E-state index contributed by atoms with van der Waals surface area (Å²) in [7, 11) is 0. The predicted octanol–water partition coefficient (Wildman–Crippen LogP) is 3.79. The van der Waals surface area contributed by atoms with Gasteiger partial charge < -0.3 is 9.47 Å². The number of hydrogen-bond acceptors (Lipinski definition) is 4. The van der Waals surface area contributed by atoms with Crippen molar-refractivity contribution in [3.05, 3.63) is 35.4 Å². The molecule has 0 aromatic heterocycles. The minimum absolute atomic E-state index is 0.236. The molecule has 2 saturated heterocycles. The molecular weight excluding hydrogens is 314 g/mol. The number of piperidine rings is 1. The largest absolute Gasteiger partial charge is 0.347 e. The van der Waals surface area contributed by atoms with E-state index in [0.29, 0.717) is 5.78 Å². The summed E-state index contributed by atoms with van der Waals surface area (Å²) >= 11 is 0. The molecule has 4 nitrogen and oxygen atoms in total. The molecule has 3 aliphatic rings. The molecule has 0 amide bonds. The molecule has 0 radical (unpaired) electrons. The highest BCUT2D eigenvalue weighted by Crippen LogP contribution is 2.32. The molecule has 1 aromatic rings. The molecular formula is C21H29NO3. The Hall–Kier alpha value is -1.23. The first-order valence-corrected chi connectivity index (χ1v) is 9.88. The third-order valence-corrected chi connectivity index (χ3v) is 6.08. The van der Waals surface area contributed by atoms with Crippen LogP contribution in [0.1, 0.15) is 60.9 Å². The van der Waals surface area contributed by atoms with Crippen LogP contribution in [0.25, 0.3) is 0 Å². The van der Waals surface area contributed by atoms with E-state index in [9.17, 15) is 4.79 Å². The molecule has 3 fully saturated rings. The Morgan fingerprint density at radius 3 is 2.44 bits per heavy atom. The Morgan fingerprint density at radius 2 is 1.72 bits per heavy atom. The van der Waals surface area contributed by atoms with E-state index in [1.54, 1.807) is 0 Å². The highest BCUT2D eigenvalue weighted by molar-refractivity contribution is 5.99. The van der Waals surface area contributed by atoms with E-state index in [-0.39, 0.29) is 11.7 Å². The molecule has 0 bridgehead atoms. The Kier molecular flexibility index (Phi) is 5.20. The van der Waals surface area contributed by atoms with Crippen molar-refractivity contribution in [3.63, 3.8) is 0 Å². The highest BCUT2D eigenvalue weighted by atomic mass is 16.7. The Bertz CT molecular complexity index is 593. The van der Waals surface area contributed by atoms with Gasteiger partial charge >= 0.3 is 0 Å². The van der Waals surface area contributed by atoms with Crippen LogP contribution in [0.2, 0.25) is 0 Å². The van der Waals surface area contributed by atoms with Crippen molar-refractivity contribution >= 4 is 5.78 Å². The van der Waals surface area contributed by atoms with Gasteiger partial charge in [-0.2, -0.15) is 0 Å². The molecule has 0 N–H and O–H groups in total. The van der Waals surface area contributed by atoms with Gasteiger partial charge in [-0.05, 0) is 18.4 Å². The lowest BCUT2D eigenvalue weighted by atomic mass is 9.82. The van der Waals surface area contributed by atoms with Crippen LogP contribution >= 0.6 is 0 Å². The number of benzene rings is 1. The average Bonchev–Trinajstić information content (AvgIpc) is 3.13. The molecule has 4 heteroatoms. The fraction of sp³-hybridized carbons (Fsp3) is 0.667. The molecule has 2 aliphatic heterocycles. The quantitative estimate of drug-likeness (QED) is 0.780. The maximum atomic E-state index is 13.0. The van der Waals surface area contributed by atoms with Crippen LogP contribution in [0, 0.1) is 5.92 Å². The van der Waals surface area contributed by atoms with Gasteiger partial charge in [0.05, 0.1) is 13.2 Å². The smallest absolute Gasteiger partial charge is 0.170 e. The number of carbonyl (C=O) groups is 1. The van der Waals surface area contributed by atoms with E-state index >= 15 is 0 Å². The lowest BCUT2D eigenvalue weighted by molar-refractivity contribution is -0.185. The van der Waals surface area contributed by atoms with Gasteiger partial charge in [-0.15, -0.1) is 0 Å². The van der Waals surface area contributed by atoms with Crippen LogP contribution < -0.4 is 0 Å². The van der Waals surface area contributed by atoms with Gasteiger partial charge in [-0.1, -0.05) is 43.5 Å². The summed E-state index contributed by atoms with van der Waals surface area (Å²) in [5.74, 6) is 0.277. The maximum absolute atomic E-state index is 13.0. The second kappa shape index (κ2) is 7.56. The Morgan fingerprint density at radius 1 is 1.04 bits per heavy atom. The van der Waals surface area contributed by atoms with E-state index < -0.39 is 0 Å². The van der Waals surface area contributed by atoms with Gasteiger partial charge in [0.15, 0.2) is 11.6 Å². The van der Waals surface area contributed by atoms with E-state index in [1.165, 1.54) is 24.8 Å². The first-order valence-electron chi connectivity index (χ1n) is 9.88. The number of carbonyl (C=O) groups excluding carboxylic acids is 1. The lowest BCUT2D eigenvalue weighted by Gasteiger charge is -2.37. The summed E-state index contributed by atoms with van der Waals surface area (Å²) in [6, 6.07) is 8.22. The van der Waals surface area contributed by atoms with Crippen molar-refractivity contribution in [2.45, 2.75) is 57.3 Å². The van der Waals surface area contributed by atoms with Gasteiger partial charge in [0, 0.05) is 44.0 Å². The standard InChI is InChI=1S/C21H29NO3/c23-20(17-6-2-1-3-7-17)19-9-5-4-8-18(19)16-22-12-10-21(11-13-22)24-14-15-25-21/h4-5,8-9,17H,1-3,6-7,10-16H2. The van der Waals surface area contributed by atoms with Crippen LogP contribution in [0.15, 0.2) is 24.3 Å². The Balaban J connectivity index is 1.42. The molecule has 0 unspecified atom stereocenters. The van der Waals surface area contributed by atoms with Crippen molar-refractivity contribution in [3.8, 4) is 0 Å². The van der Waals surface area contributed by atoms with Crippen molar-refractivity contribution < 1.29 is 14.3 Å². The zero-order valence-corrected chi connectivity index (χ0v) is 15.0. The normalized spacial score (nSPS) is 24.6. The third-order valence-electron chi connectivity index (χ3n) is 6.08. The van der Waals surface area contributed by atoms with Gasteiger partial charge in [0.25, 0.3) is 0 Å². The fourth-order valence-electron chi connectivity index (χ4n) is 4.56. The first kappa shape index (κ1) is 17.2. The first-order chi connectivity index (χ1) is 12.3. The molecule has 1 aromatic carbocycles. The minimum atomic E-state index is -0.325. The Labute approximate surface area is 150 Å². The predicted molar refractivity (Wildman–Crippen MR) is 96.5 cm³/mol. The summed E-state index contributed by atoms with van der Waals surface area (Å²) in [5.41, 5.74) is 2.13. The number of likely N-dealkylation sites (tertiary alicyclic amines) is 1. The van der Waals surface area contributed by atoms with Crippen molar-refractivity contribution in [1.29, 1.82) is 0 Å². The minimum Gasteiger partial charge on any atom is -0.347 e. The fourth-order valence-corrected chi connectivity index (χ4v) is 4.56. The number of ether oxygens (including phenoxy) is 2. The summed E-state index contributed by atoms with van der Waals surface area (Å²) in [6.45, 7) is 4.22. The van der Waals surface area contributed by atoms with Crippen molar-refractivity contribution in [2.75, 3.05) is 26.3 Å². The highest BCUT2D eigenvalue weighted by Gasteiger charge is 2.39. The van der Waals surface area contributed by atoms with Gasteiger partial charge in [-0.3, -0.25) is 9.69 Å². The van der Waals surface area contributed by atoms with E-state index in [0.717, 1.165) is 64.1 Å². The SMILES string of the molecule is O=C(c1ccccc1CN1CCC2(CC1)OCCO2)C1CCCCC1. The second-order valence-corrected chi connectivity index (χ2v) is 7.74. The van der Waals surface area contributed by atoms with Crippen molar-refractivity contribution in [2.24, 2.45) is 5.92 Å². The van der Waals surface area contributed by atoms with E-state index in [1.807, 2.05) is 12.1 Å². The molecule has 1 spiro atoms. The molecule has 25 heavy (non-hydrogen) atoms.